The van der Waals surface area contributed by atoms with Gasteiger partial charge in [0, 0.05) is 18.5 Å². The van der Waals surface area contributed by atoms with Crippen LogP contribution in [-0.4, -0.2) is 45.7 Å². The number of carbonyl (C=O) groups excluding carboxylic acids is 1. The number of likely N-dealkylation sites (tertiary alicyclic amines) is 1. The maximum absolute atomic E-state index is 12.3. The minimum absolute atomic E-state index is 0.0747. The molecule has 0 spiro atoms. The van der Waals surface area contributed by atoms with Gasteiger partial charge in [0.1, 0.15) is 6.04 Å². The van der Waals surface area contributed by atoms with E-state index in [0.717, 1.165) is 12.0 Å². The van der Waals surface area contributed by atoms with Gasteiger partial charge in [0.15, 0.2) is 0 Å². The predicted molar refractivity (Wildman–Crippen MR) is 68.9 cm³/mol. The fourth-order valence-corrected chi connectivity index (χ4v) is 2.32. The monoisotopic (exact) mass is 263 g/mol. The normalized spacial score (nSPS) is 22.5. The summed E-state index contributed by atoms with van der Waals surface area (Å²) in [6.07, 6.45) is 0.211. The number of carboxylic acids is 1. The van der Waals surface area contributed by atoms with Crippen LogP contribution in [0.2, 0.25) is 0 Å². The molecule has 0 aliphatic carbocycles. The Morgan fingerprint density at radius 1 is 1.32 bits per heavy atom. The molecule has 0 radical (unpaired) electrons. The van der Waals surface area contributed by atoms with Crippen molar-refractivity contribution >= 4 is 11.9 Å². The van der Waals surface area contributed by atoms with Crippen molar-refractivity contribution in [2.24, 2.45) is 0 Å². The molecule has 1 aliphatic rings. The smallest absolute Gasteiger partial charge is 0.326 e. The van der Waals surface area contributed by atoms with E-state index in [0.29, 0.717) is 5.56 Å². The Bertz CT molecular complexity index is 483. The van der Waals surface area contributed by atoms with E-state index >= 15 is 0 Å². The Hall–Kier alpha value is -1.88. The minimum Gasteiger partial charge on any atom is -0.480 e. The van der Waals surface area contributed by atoms with Gasteiger partial charge in [0.05, 0.1) is 6.10 Å². The lowest BCUT2D eigenvalue weighted by Gasteiger charge is -2.21. The van der Waals surface area contributed by atoms with Gasteiger partial charge >= 0.3 is 5.97 Å². The maximum Gasteiger partial charge on any atom is 0.326 e. The molecule has 1 heterocycles. The molecule has 0 aromatic heterocycles. The molecule has 0 saturated carbocycles. The number of rotatable bonds is 3. The number of hydrogen-bond donors (Lipinski definition) is 2. The van der Waals surface area contributed by atoms with E-state index in [9.17, 15) is 14.7 Å². The molecule has 1 aliphatic heterocycles. The molecule has 5 nitrogen and oxygen atoms in total. The maximum atomic E-state index is 12.3. The van der Waals surface area contributed by atoms with Gasteiger partial charge in [-0.2, -0.15) is 0 Å². The largest absolute Gasteiger partial charge is 0.480 e. The number of hydrogen-bond acceptors (Lipinski definition) is 3. The van der Waals surface area contributed by atoms with E-state index in [-0.39, 0.29) is 18.9 Å². The van der Waals surface area contributed by atoms with Crippen molar-refractivity contribution in [3.05, 3.63) is 35.4 Å². The van der Waals surface area contributed by atoms with Gasteiger partial charge in [-0.25, -0.2) is 4.79 Å². The molecule has 1 saturated heterocycles. The lowest BCUT2D eigenvalue weighted by Crippen LogP contribution is -2.40. The zero-order valence-electron chi connectivity index (χ0n) is 10.7. The van der Waals surface area contributed by atoms with Crippen LogP contribution in [0.15, 0.2) is 24.3 Å². The molecule has 1 aromatic rings. The second-order valence-electron chi connectivity index (χ2n) is 4.75. The molecule has 2 rings (SSSR count). The van der Waals surface area contributed by atoms with Gasteiger partial charge in [0.2, 0.25) is 0 Å². The Kier molecular flexibility index (Phi) is 3.85. The predicted octanol–water partition coefficient (Wildman–Crippen LogP) is 0.909. The molecule has 0 bridgehead atoms. The first-order valence-electron chi connectivity index (χ1n) is 6.33. The molecule has 2 N–H and O–H groups in total. The number of β-amino-alcohol motifs (C(OH)–C–C–N with tert-alkyl or cyclic N) is 1. The van der Waals surface area contributed by atoms with Crippen LogP contribution in [0, 0.1) is 0 Å². The number of nitrogens with zero attached hydrogens (tertiary/aromatic N) is 1. The van der Waals surface area contributed by atoms with Crippen LogP contribution < -0.4 is 0 Å². The van der Waals surface area contributed by atoms with Gasteiger partial charge in [-0.3, -0.25) is 4.79 Å². The van der Waals surface area contributed by atoms with E-state index in [1.54, 1.807) is 12.1 Å². The highest BCUT2D eigenvalue weighted by Gasteiger charge is 2.39. The summed E-state index contributed by atoms with van der Waals surface area (Å²) >= 11 is 0. The van der Waals surface area contributed by atoms with Gasteiger partial charge in [-0.15, -0.1) is 0 Å². The third-order valence-electron chi connectivity index (χ3n) is 3.43. The van der Waals surface area contributed by atoms with E-state index in [4.69, 9.17) is 5.11 Å². The van der Waals surface area contributed by atoms with Crippen LogP contribution in [0.1, 0.15) is 29.3 Å². The summed E-state index contributed by atoms with van der Waals surface area (Å²) < 4.78 is 0. The summed E-state index contributed by atoms with van der Waals surface area (Å²) in [5, 5.41) is 18.6. The topological polar surface area (TPSA) is 77.8 Å². The second kappa shape index (κ2) is 5.40. The average molecular weight is 263 g/mol. The van der Waals surface area contributed by atoms with E-state index in [1.165, 1.54) is 4.90 Å². The summed E-state index contributed by atoms with van der Waals surface area (Å²) in [7, 11) is 0. The summed E-state index contributed by atoms with van der Waals surface area (Å²) in [4.78, 5) is 24.6. The number of aliphatic carboxylic acids is 1. The van der Waals surface area contributed by atoms with Gasteiger partial charge < -0.3 is 15.1 Å². The number of carbonyl (C=O) groups is 2. The Balaban J connectivity index is 2.20. The third-order valence-corrected chi connectivity index (χ3v) is 3.43. The molecule has 0 unspecified atom stereocenters. The fraction of sp³-hybridized carbons (Fsp3) is 0.429. The molecule has 1 aromatic carbocycles. The zero-order valence-corrected chi connectivity index (χ0v) is 10.7. The van der Waals surface area contributed by atoms with Crippen molar-refractivity contribution in [2.75, 3.05) is 6.54 Å². The fourth-order valence-electron chi connectivity index (χ4n) is 2.32. The van der Waals surface area contributed by atoms with E-state index in [2.05, 4.69) is 0 Å². The Labute approximate surface area is 111 Å². The molecule has 1 fully saturated rings. The molecule has 2 atom stereocenters. The molecule has 19 heavy (non-hydrogen) atoms. The van der Waals surface area contributed by atoms with Crippen molar-refractivity contribution in [2.45, 2.75) is 31.9 Å². The van der Waals surface area contributed by atoms with Crippen LogP contribution in [-0.2, 0) is 11.2 Å². The number of aryl methyl sites for hydroxylation is 1. The van der Waals surface area contributed by atoms with Crippen LogP contribution in [0.25, 0.3) is 0 Å². The summed E-state index contributed by atoms with van der Waals surface area (Å²) in [6.45, 7) is 2.10. The highest BCUT2D eigenvalue weighted by molar-refractivity contribution is 5.97. The van der Waals surface area contributed by atoms with E-state index in [1.807, 2.05) is 19.1 Å². The van der Waals surface area contributed by atoms with Crippen molar-refractivity contribution in [3.63, 3.8) is 0 Å². The quantitative estimate of drug-likeness (QED) is 0.849. The van der Waals surface area contributed by atoms with Gasteiger partial charge in [0.25, 0.3) is 5.91 Å². The first kappa shape index (κ1) is 13.5. The first-order chi connectivity index (χ1) is 9.02. The second-order valence-corrected chi connectivity index (χ2v) is 4.75. The number of benzene rings is 1. The zero-order chi connectivity index (χ0) is 14.0. The van der Waals surface area contributed by atoms with Gasteiger partial charge in [-0.05, 0) is 24.1 Å². The molecule has 102 valence electrons. The highest BCUT2D eigenvalue weighted by atomic mass is 16.4. The third kappa shape index (κ3) is 2.76. The SMILES string of the molecule is CCc1ccc(C(=O)N2C[C@H](O)C[C@H]2C(=O)O)cc1. The van der Waals surface area contributed by atoms with E-state index < -0.39 is 18.1 Å². The average Bonchev–Trinajstić information content (AvgIpc) is 2.80. The summed E-state index contributed by atoms with van der Waals surface area (Å²) in [5.41, 5.74) is 1.57. The van der Waals surface area contributed by atoms with Crippen molar-refractivity contribution < 1.29 is 19.8 Å². The molecule has 5 heteroatoms. The molecule has 1 amide bonds. The van der Waals surface area contributed by atoms with Crippen LogP contribution in [0.3, 0.4) is 0 Å². The lowest BCUT2D eigenvalue weighted by molar-refractivity contribution is -0.141. The van der Waals surface area contributed by atoms with Gasteiger partial charge in [-0.1, -0.05) is 19.1 Å². The lowest BCUT2D eigenvalue weighted by atomic mass is 10.1. The number of carboxylic acid groups (broad SMARTS) is 1. The molecular formula is C14H17NO4. The summed E-state index contributed by atoms with van der Waals surface area (Å²) in [5.74, 6) is -1.42. The number of aliphatic hydroxyl groups is 1. The van der Waals surface area contributed by atoms with Crippen LogP contribution in [0.5, 0.6) is 0 Å². The van der Waals surface area contributed by atoms with Crippen molar-refractivity contribution in [3.8, 4) is 0 Å². The standard InChI is InChI=1S/C14H17NO4/c1-2-9-3-5-10(6-4-9)13(17)15-8-11(16)7-12(15)14(18)19/h3-6,11-12,16H,2,7-8H2,1H3,(H,18,19)/t11-,12+/m1/s1. The number of aliphatic hydroxyl groups excluding tert-OH is 1. The summed E-state index contributed by atoms with van der Waals surface area (Å²) in [6, 6.07) is 6.17. The highest BCUT2D eigenvalue weighted by Crippen LogP contribution is 2.21. The van der Waals surface area contributed by atoms with Crippen molar-refractivity contribution in [1.82, 2.24) is 4.90 Å². The molecular weight excluding hydrogens is 246 g/mol. The van der Waals surface area contributed by atoms with Crippen molar-refractivity contribution in [1.29, 1.82) is 0 Å². The first-order valence-corrected chi connectivity index (χ1v) is 6.33. The Morgan fingerprint density at radius 3 is 2.47 bits per heavy atom. The minimum atomic E-state index is -1.07. The van der Waals surface area contributed by atoms with Crippen LogP contribution in [0.4, 0.5) is 0 Å². The number of amides is 1. The van der Waals surface area contributed by atoms with Crippen LogP contribution >= 0.6 is 0 Å². The Morgan fingerprint density at radius 2 is 1.95 bits per heavy atom.